The minimum Gasteiger partial charge on any atom is -0.444 e. The van der Waals surface area contributed by atoms with Crippen molar-refractivity contribution in [3.8, 4) is 0 Å². The Morgan fingerprint density at radius 2 is 1.82 bits per heavy atom. The summed E-state index contributed by atoms with van der Waals surface area (Å²) in [4.78, 5) is 51.5. The number of urea groups is 1. The SMILES string of the molecule is CO[C@@H](C[C@H](Cc1ccccc1)NC(=O)[C@@H](NC(=O)N(C)Cc1csc(C(C)C)n1)C(C)C)[C@H](CC1C=CC=CC1)NC(=O)OCc1cncs1. The van der Waals surface area contributed by atoms with Crippen molar-refractivity contribution < 1.29 is 23.9 Å². The van der Waals surface area contributed by atoms with E-state index in [1.807, 2.05) is 61.7 Å². The number of hydrogen-bond donors (Lipinski definition) is 3. The maximum Gasteiger partial charge on any atom is 0.407 e. The van der Waals surface area contributed by atoms with E-state index in [1.165, 1.54) is 11.3 Å². The lowest BCUT2D eigenvalue weighted by Gasteiger charge is -2.33. The lowest BCUT2D eigenvalue weighted by atomic mass is 9.88. The summed E-state index contributed by atoms with van der Waals surface area (Å²) in [6.45, 7) is 8.46. The van der Waals surface area contributed by atoms with Crippen molar-refractivity contribution in [3.63, 3.8) is 0 Å². The van der Waals surface area contributed by atoms with Crippen molar-refractivity contribution in [1.82, 2.24) is 30.8 Å². The van der Waals surface area contributed by atoms with E-state index >= 15 is 0 Å². The van der Waals surface area contributed by atoms with Gasteiger partial charge in [0.1, 0.15) is 12.6 Å². The fraction of sp³-hybridized carbons (Fsp3) is 0.500. The molecule has 51 heavy (non-hydrogen) atoms. The Bertz CT molecular complexity index is 1580. The normalized spacial score (nSPS) is 16.4. The largest absolute Gasteiger partial charge is 0.444 e. The summed E-state index contributed by atoms with van der Waals surface area (Å²) in [5.74, 6) is 0.0416. The van der Waals surface area contributed by atoms with Crippen molar-refractivity contribution in [3.05, 3.63) is 92.9 Å². The topological polar surface area (TPSA) is 135 Å². The molecule has 5 atom stereocenters. The Morgan fingerprint density at radius 3 is 2.45 bits per heavy atom. The number of methoxy groups -OCH3 is 1. The van der Waals surface area contributed by atoms with Gasteiger partial charge < -0.3 is 30.3 Å². The highest BCUT2D eigenvalue weighted by Gasteiger charge is 2.32. The molecule has 11 nitrogen and oxygen atoms in total. The zero-order valence-electron chi connectivity index (χ0n) is 30.4. The second-order valence-electron chi connectivity index (χ2n) is 13.6. The van der Waals surface area contributed by atoms with E-state index < -0.39 is 24.3 Å². The van der Waals surface area contributed by atoms with E-state index in [1.54, 1.807) is 42.1 Å². The molecule has 3 N–H and O–H groups in total. The number of amides is 4. The first kappa shape index (κ1) is 39.7. The van der Waals surface area contributed by atoms with Crippen LogP contribution in [0.5, 0.6) is 0 Å². The maximum absolute atomic E-state index is 14.0. The van der Waals surface area contributed by atoms with Crippen LogP contribution in [0.1, 0.15) is 74.0 Å². The third-order valence-corrected chi connectivity index (χ3v) is 10.7. The van der Waals surface area contributed by atoms with Crippen LogP contribution in [0.25, 0.3) is 0 Å². The van der Waals surface area contributed by atoms with Crippen molar-refractivity contribution in [1.29, 1.82) is 0 Å². The molecule has 0 radical (unpaired) electrons. The number of carbonyl (C=O) groups excluding carboxylic acids is 3. The highest BCUT2D eigenvalue weighted by atomic mass is 32.1. The van der Waals surface area contributed by atoms with Gasteiger partial charge in [-0.05, 0) is 43.1 Å². The number of nitrogens with zero attached hydrogens (tertiary/aromatic N) is 3. The number of carbonyl (C=O) groups is 3. The van der Waals surface area contributed by atoms with Crippen LogP contribution in [0.2, 0.25) is 0 Å². The number of benzene rings is 1. The van der Waals surface area contributed by atoms with Gasteiger partial charge in [0.15, 0.2) is 0 Å². The molecule has 0 bridgehead atoms. The zero-order chi connectivity index (χ0) is 36.8. The smallest absolute Gasteiger partial charge is 0.407 e. The summed E-state index contributed by atoms with van der Waals surface area (Å²) in [5.41, 5.74) is 3.55. The molecule has 0 fully saturated rings. The molecule has 1 aromatic carbocycles. The van der Waals surface area contributed by atoms with Gasteiger partial charge in [-0.3, -0.25) is 9.78 Å². The van der Waals surface area contributed by atoms with Gasteiger partial charge in [0.2, 0.25) is 5.91 Å². The Morgan fingerprint density at radius 1 is 1.04 bits per heavy atom. The Balaban J connectivity index is 1.48. The molecule has 0 aliphatic heterocycles. The van der Waals surface area contributed by atoms with Crippen LogP contribution in [0.15, 0.2) is 71.7 Å². The first-order chi connectivity index (χ1) is 24.5. The van der Waals surface area contributed by atoms with Crippen LogP contribution in [0.4, 0.5) is 9.59 Å². The Kier molecular flexibility index (Phi) is 15.6. The maximum atomic E-state index is 14.0. The van der Waals surface area contributed by atoms with Gasteiger partial charge >= 0.3 is 12.1 Å². The molecule has 0 saturated heterocycles. The van der Waals surface area contributed by atoms with E-state index in [0.29, 0.717) is 31.7 Å². The molecule has 4 rings (SSSR count). The number of hydrogen-bond acceptors (Lipinski definition) is 9. The van der Waals surface area contributed by atoms with Crippen molar-refractivity contribution in [2.45, 2.75) is 96.7 Å². The fourth-order valence-electron chi connectivity index (χ4n) is 5.92. The quantitative estimate of drug-likeness (QED) is 0.130. The number of aromatic nitrogens is 2. The van der Waals surface area contributed by atoms with E-state index in [9.17, 15) is 14.4 Å². The molecule has 1 aliphatic rings. The van der Waals surface area contributed by atoms with E-state index in [-0.39, 0.29) is 36.4 Å². The van der Waals surface area contributed by atoms with E-state index in [0.717, 1.165) is 27.6 Å². The summed E-state index contributed by atoms with van der Waals surface area (Å²) < 4.78 is 11.6. The molecular weight excluding hydrogens is 685 g/mol. The molecule has 0 saturated carbocycles. The highest BCUT2D eigenvalue weighted by molar-refractivity contribution is 7.09. The monoisotopic (exact) mass is 736 g/mol. The lowest BCUT2D eigenvalue weighted by molar-refractivity contribution is -0.125. The van der Waals surface area contributed by atoms with Gasteiger partial charge in [0, 0.05) is 37.7 Å². The number of nitrogens with one attached hydrogen (secondary N) is 3. The van der Waals surface area contributed by atoms with Crippen LogP contribution >= 0.6 is 22.7 Å². The molecule has 13 heteroatoms. The second kappa shape index (κ2) is 20.1. The Hall–Kier alpha value is -4.07. The van der Waals surface area contributed by atoms with Crippen LogP contribution in [-0.2, 0) is 33.8 Å². The van der Waals surface area contributed by atoms with E-state index in [2.05, 4.69) is 51.9 Å². The lowest BCUT2D eigenvalue weighted by Crippen LogP contribution is -2.56. The summed E-state index contributed by atoms with van der Waals surface area (Å²) in [5, 5.41) is 12.3. The standard InChI is InChI=1S/C38H52N6O5S2/c1-25(2)34(43-37(46)44(5)21-30-23-50-36(41-30)26(3)4)35(45)40-29(17-27-13-9-7-10-14-27)19-33(48-6)32(18-28-15-11-8-12-16-28)42-38(47)49-22-31-20-39-24-51-31/h7-15,20,23-26,28-29,32-34H,16-19,21-22H2,1-6H3,(H,40,45)(H,42,47)(H,43,46)/t28?,29-,32-,33-,34-/m0/s1. The molecule has 0 spiro atoms. The molecule has 276 valence electrons. The van der Waals surface area contributed by atoms with E-state index in [4.69, 9.17) is 9.47 Å². The van der Waals surface area contributed by atoms with Gasteiger partial charge in [0.25, 0.3) is 0 Å². The van der Waals surface area contributed by atoms with Crippen molar-refractivity contribution in [2.75, 3.05) is 14.2 Å². The number of ether oxygens (including phenoxy) is 2. The summed E-state index contributed by atoms with van der Waals surface area (Å²) in [6, 6.07) is 8.01. The van der Waals surface area contributed by atoms with Gasteiger partial charge in [-0.25, -0.2) is 14.6 Å². The minimum atomic E-state index is -0.782. The molecule has 2 heterocycles. The summed E-state index contributed by atoms with van der Waals surface area (Å²) >= 11 is 3.00. The van der Waals surface area contributed by atoms with Gasteiger partial charge in [-0.2, -0.15) is 0 Å². The van der Waals surface area contributed by atoms with Crippen LogP contribution < -0.4 is 16.0 Å². The number of allylic oxidation sites excluding steroid dienone is 4. The highest BCUT2D eigenvalue weighted by Crippen LogP contribution is 2.24. The van der Waals surface area contributed by atoms with Crippen molar-refractivity contribution >= 4 is 40.7 Å². The number of alkyl carbamates (subject to hydrolysis) is 1. The number of thiazole rings is 2. The average Bonchev–Trinajstić information content (AvgIpc) is 3.82. The molecule has 3 aromatic rings. The number of rotatable bonds is 18. The third kappa shape index (κ3) is 12.9. The second-order valence-corrected chi connectivity index (χ2v) is 15.5. The van der Waals surface area contributed by atoms with Gasteiger partial charge in [0.05, 0.1) is 39.8 Å². The van der Waals surface area contributed by atoms with Gasteiger partial charge in [-0.1, -0.05) is 82.3 Å². The average molecular weight is 737 g/mol. The predicted molar refractivity (Wildman–Crippen MR) is 203 cm³/mol. The first-order valence-electron chi connectivity index (χ1n) is 17.5. The van der Waals surface area contributed by atoms with Crippen molar-refractivity contribution in [2.24, 2.45) is 11.8 Å². The van der Waals surface area contributed by atoms with Crippen LogP contribution in [-0.4, -0.2) is 71.3 Å². The van der Waals surface area contributed by atoms with Crippen LogP contribution in [0.3, 0.4) is 0 Å². The predicted octanol–water partition coefficient (Wildman–Crippen LogP) is 6.84. The molecule has 1 unspecified atom stereocenters. The van der Waals surface area contributed by atoms with Crippen LogP contribution in [0, 0.1) is 11.8 Å². The fourth-order valence-corrected chi connectivity index (χ4v) is 7.25. The third-order valence-electron chi connectivity index (χ3n) is 8.74. The molecule has 1 aliphatic carbocycles. The van der Waals surface area contributed by atoms with Gasteiger partial charge in [-0.15, -0.1) is 22.7 Å². The molecule has 2 aromatic heterocycles. The summed E-state index contributed by atoms with van der Waals surface area (Å²) in [7, 11) is 3.33. The summed E-state index contributed by atoms with van der Waals surface area (Å²) in [6.07, 6.45) is 11.4. The molecular formula is C38H52N6O5S2. The Labute approximate surface area is 309 Å². The zero-order valence-corrected chi connectivity index (χ0v) is 32.0. The molecule has 4 amide bonds. The minimum absolute atomic E-state index is 0.125. The first-order valence-corrected chi connectivity index (χ1v) is 19.2.